The lowest BCUT2D eigenvalue weighted by Gasteiger charge is -2.03. The Hall–Kier alpha value is -0.550. The summed E-state index contributed by atoms with van der Waals surface area (Å²) < 4.78 is 0. The van der Waals surface area contributed by atoms with Crippen molar-refractivity contribution >= 4 is 34.1 Å². The molecule has 15 heavy (non-hydrogen) atoms. The lowest BCUT2D eigenvalue weighted by atomic mass is 10.1. The van der Waals surface area contributed by atoms with Gasteiger partial charge in [0.15, 0.2) is 5.13 Å². The molecule has 1 heterocycles. The van der Waals surface area contributed by atoms with Crippen molar-refractivity contribution in [3.8, 4) is 0 Å². The number of hydrogen-bond donors (Lipinski definition) is 1. The van der Waals surface area contributed by atoms with Crippen LogP contribution in [0, 0.1) is 5.92 Å². The number of amides is 1. The van der Waals surface area contributed by atoms with E-state index in [1.54, 1.807) is 11.8 Å². The highest BCUT2D eigenvalue weighted by Crippen LogP contribution is 2.18. The first-order chi connectivity index (χ1) is 7.11. The summed E-state index contributed by atoms with van der Waals surface area (Å²) in [6.07, 6.45) is 2.59. The van der Waals surface area contributed by atoms with Gasteiger partial charge in [-0.2, -0.15) is 11.8 Å². The first-order valence-electron chi connectivity index (χ1n) is 4.85. The zero-order chi connectivity index (χ0) is 11.3. The summed E-state index contributed by atoms with van der Waals surface area (Å²) in [4.78, 5) is 15.8. The molecule has 0 saturated carbocycles. The molecule has 0 aliphatic carbocycles. The van der Waals surface area contributed by atoms with Crippen LogP contribution in [0.4, 0.5) is 5.13 Å². The molecule has 5 heteroatoms. The molecule has 0 unspecified atom stereocenters. The second kappa shape index (κ2) is 6.12. The standard InChI is InChI=1S/C10H16N2OS2/c1-7(2)4-9(13)12-10-11-8(5-14-3)6-15-10/h6-7H,4-5H2,1-3H3,(H,11,12,13). The Bertz CT molecular complexity index is 323. The van der Waals surface area contributed by atoms with Crippen LogP contribution in [0.1, 0.15) is 26.0 Å². The molecule has 0 aliphatic rings. The van der Waals surface area contributed by atoms with Crippen molar-refractivity contribution in [2.24, 2.45) is 5.92 Å². The van der Waals surface area contributed by atoms with E-state index in [0.29, 0.717) is 17.5 Å². The third kappa shape index (κ3) is 4.66. The van der Waals surface area contributed by atoms with Crippen LogP contribution in [0.15, 0.2) is 5.38 Å². The average Bonchev–Trinajstić information content (AvgIpc) is 2.51. The Morgan fingerprint density at radius 3 is 3.00 bits per heavy atom. The largest absolute Gasteiger partial charge is 0.302 e. The summed E-state index contributed by atoms with van der Waals surface area (Å²) in [5, 5.41) is 5.51. The van der Waals surface area contributed by atoms with E-state index < -0.39 is 0 Å². The number of aromatic nitrogens is 1. The molecule has 0 fully saturated rings. The van der Waals surface area contributed by atoms with Crippen LogP contribution in [0.3, 0.4) is 0 Å². The highest BCUT2D eigenvalue weighted by atomic mass is 32.2. The van der Waals surface area contributed by atoms with E-state index in [-0.39, 0.29) is 5.91 Å². The molecule has 1 amide bonds. The SMILES string of the molecule is CSCc1csc(NC(=O)CC(C)C)n1. The number of hydrogen-bond acceptors (Lipinski definition) is 4. The number of thiazole rings is 1. The molecule has 0 bridgehead atoms. The molecular formula is C10H16N2OS2. The van der Waals surface area contributed by atoms with Gasteiger partial charge in [0.05, 0.1) is 5.69 Å². The molecule has 0 saturated heterocycles. The highest BCUT2D eigenvalue weighted by molar-refractivity contribution is 7.97. The first kappa shape index (κ1) is 12.5. The summed E-state index contributed by atoms with van der Waals surface area (Å²) in [6, 6.07) is 0. The minimum atomic E-state index is 0.0510. The van der Waals surface area contributed by atoms with Gasteiger partial charge in [-0.3, -0.25) is 4.79 Å². The van der Waals surface area contributed by atoms with Gasteiger partial charge in [-0.15, -0.1) is 11.3 Å². The van der Waals surface area contributed by atoms with Crippen LogP contribution in [0.5, 0.6) is 0 Å². The van der Waals surface area contributed by atoms with Gasteiger partial charge in [-0.1, -0.05) is 13.8 Å². The van der Waals surface area contributed by atoms with Gasteiger partial charge in [-0.25, -0.2) is 4.98 Å². The van der Waals surface area contributed by atoms with Gasteiger partial charge in [-0.05, 0) is 12.2 Å². The molecule has 0 spiro atoms. The van der Waals surface area contributed by atoms with Gasteiger partial charge >= 0.3 is 0 Å². The lowest BCUT2D eigenvalue weighted by molar-refractivity contribution is -0.116. The molecule has 1 aromatic heterocycles. The number of carbonyl (C=O) groups excluding carboxylic acids is 1. The van der Waals surface area contributed by atoms with Crippen molar-refractivity contribution in [1.82, 2.24) is 4.98 Å². The van der Waals surface area contributed by atoms with E-state index in [1.165, 1.54) is 11.3 Å². The maximum Gasteiger partial charge on any atom is 0.226 e. The third-order valence-corrected chi connectivity index (χ3v) is 3.07. The van der Waals surface area contributed by atoms with Gasteiger partial charge in [0, 0.05) is 17.6 Å². The Kier molecular flexibility index (Phi) is 5.11. The van der Waals surface area contributed by atoms with Crippen LogP contribution < -0.4 is 5.32 Å². The monoisotopic (exact) mass is 244 g/mol. The van der Waals surface area contributed by atoms with Crippen molar-refractivity contribution < 1.29 is 4.79 Å². The second-order valence-corrected chi connectivity index (χ2v) is 5.45. The van der Waals surface area contributed by atoms with Crippen molar-refractivity contribution in [3.63, 3.8) is 0 Å². The van der Waals surface area contributed by atoms with E-state index in [0.717, 1.165) is 11.4 Å². The number of nitrogens with zero attached hydrogens (tertiary/aromatic N) is 1. The second-order valence-electron chi connectivity index (χ2n) is 3.72. The van der Waals surface area contributed by atoms with Crippen molar-refractivity contribution in [2.45, 2.75) is 26.0 Å². The number of anilines is 1. The van der Waals surface area contributed by atoms with Crippen LogP contribution in [-0.4, -0.2) is 17.1 Å². The molecular weight excluding hydrogens is 228 g/mol. The number of rotatable bonds is 5. The van der Waals surface area contributed by atoms with Crippen LogP contribution in [0.2, 0.25) is 0 Å². The van der Waals surface area contributed by atoms with Crippen molar-refractivity contribution in [3.05, 3.63) is 11.1 Å². The Balaban J connectivity index is 2.46. The Morgan fingerprint density at radius 1 is 1.67 bits per heavy atom. The molecule has 3 nitrogen and oxygen atoms in total. The van der Waals surface area contributed by atoms with Gasteiger partial charge < -0.3 is 5.32 Å². The van der Waals surface area contributed by atoms with Gasteiger partial charge in [0.25, 0.3) is 0 Å². The van der Waals surface area contributed by atoms with Crippen molar-refractivity contribution in [1.29, 1.82) is 0 Å². The molecule has 1 aromatic rings. The fourth-order valence-corrected chi connectivity index (χ4v) is 2.40. The molecule has 0 atom stereocenters. The Morgan fingerprint density at radius 2 is 2.40 bits per heavy atom. The maximum absolute atomic E-state index is 11.4. The summed E-state index contributed by atoms with van der Waals surface area (Å²) in [6.45, 7) is 4.06. The van der Waals surface area contributed by atoms with E-state index in [2.05, 4.69) is 10.3 Å². The third-order valence-electron chi connectivity index (χ3n) is 1.68. The van der Waals surface area contributed by atoms with Crippen LogP contribution in [0.25, 0.3) is 0 Å². The van der Waals surface area contributed by atoms with Crippen molar-refractivity contribution in [2.75, 3.05) is 11.6 Å². The van der Waals surface area contributed by atoms with Gasteiger partial charge in [0.2, 0.25) is 5.91 Å². The maximum atomic E-state index is 11.4. The van der Waals surface area contributed by atoms with E-state index in [4.69, 9.17) is 0 Å². The van der Waals surface area contributed by atoms with Crippen LogP contribution >= 0.6 is 23.1 Å². The van der Waals surface area contributed by atoms with E-state index >= 15 is 0 Å². The molecule has 84 valence electrons. The summed E-state index contributed by atoms with van der Waals surface area (Å²) in [7, 11) is 0. The van der Waals surface area contributed by atoms with Gasteiger partial charge in [0.1, 0.15) is 0 Å². The van der Waals surface area contributed by atoms with E-state index in [1.807, 2.05) is 25.5 Å². The molecule has 0 aliphatic heterocycles. The summed E-state index contributed by atoms with van der Waals surface area (Å²) >= 11 is 3.22. The fourth-order valence-electron chi connectivity index (χ4n) is 1.12. The molecule has 0 radical (unpaired) electrons. The minimum absolute atomic E-state index is 0.0510. The van der Waals surface area contributed by atoms with Crippen LogP contribution in [-0.2, 0) is 10.5 Å². The first-order valence-corrected chi connectivity index (χ1v) is 7.12. The summed E-state index contributed by atoms with van der Waals surface area (Å²) in [5.74, 6) is 1.34. The topological polar surface area (TPSA) is 42.0 Å². The molecule has 1 N–H and O–H groups in total. The molecule has 1 rings (SSSR count). The molecule has 0 aromatic carbocycles. The zero-order valence-corrected chi connectivity index (χ0v) is 10.9. The fraction of sp³-hybridized carbons (Fsp3) is 0.600. The normalized spacial score (nSPS) is 10.7. The quantitative estimate of drug-likeness (QED) is 0.865. The average molecular weight is 244 g/mol. The lowest BCUT2D eigenvalue weighted by Crippen LogP contribution is -2.13. The zero-order valence-electron chi connectivity index (χ0n) is 9.24. The summed E-state index contributed by atoms with van der Waals surface area (Å²) in [5.41, 5.74) is 1.03. The smallest absolute Gasteiger partial charge is 0.226 e. The Labute approximate surface area is 98.7 Å². The highest BCUT2D eigenvalue weighted by Gasteiger charge is 2.07. The van der Waals surface area contributed by atoms with E-state index in [9.17, 15) is 4.79 Å². The number of thioether (sulfide) groups is 1. The minimum Gasteiger partial charge on any atom is -0.302 e. The predicted octanol–water partition coefficient (Wildman–Crippen LogP) is 2.99. The number of carbonyl (C=O) groups is 1. The number of nitrogens with one attached hydrogen (secondary N) is 1. The predicted molar refractivity (Wildman–Crippen MR) is 67.4 cm³/mol.